The highest BCUT2D eigenvalue weighted by atomic mass is 35.5. The normalized spacial score (nSPS) is 11.5. The number of nitrogens with zero attached hydrogens (tertiary/aromatic N) is 3. The summed E-state index contributed by atoms with van der Waals surface area (Å²) in [7, 11) is 3.92. The maximum Gasteiger partial charge on any atom is 0.335 e. The molecule has 0 aliphatic carbocycles. The summed E-state index contributed by atoms with van der Waals surface area (Å²) in [6.07, 6.45) is 2.11. The van der Waals surface area contributed by atoms with E-state index in [1.807, 2.05) is 19.0 Å². The SMILES string of the molecule is CN(C)CCCN=Cc1c(O)n(-c2ccc(Cl)cc2)c(=O)[nH]c1=O. The van der Waals surface area contributed by atoms with Gasteiger partial charge in [-0.2, -0.15) is 0 Å². The second-order valence-electron chi connectivity index (χ2n) is 5.50. The molecule has 0 aliphatic heterocycles. The van der Waals surface area contributed by atoms with E-state index in [0.717, 1.165) is 17.5 Å². The summed E-state index contributed by atoms with van der Waals surface area (Å²) in [5.74, 6) is -0.456. The molecular weight excluding hydrogens is 332 g/mol. The van der Waals surface area contributed by atoms with Crippen LogP contribution in [0.1, 0.15) is 12.0 Å². The molecule has 128 valence electrons. The third-order valence-electron chi connectivity index (χ3n) is 3.32. The molecule has 0 fully saturated rings. The lowest BCUT2D eigenvalue weighted by molar-refractivity contribution is 0.403. The minimum absolute atomic E-state index is 0.0607. The third kappa shape index (κ3) is 4.33. The Balaban J connectivity index is 2.34. The molecule has 0 unspecified atom stereocenters. The first-order valence-electron chi connectivity index (χ1n) is 7.39. The van der Waals surface area contributed by atoms with Crippen molar-refractivity contribution in [2.45, 2.75) is 6.42 Å². The van der Waals surface area contributed by atoms with Crippen molar-refractivity contribution in [2.75, 3.05) is 27.2 Å². The van der Waals surface area contributed by atoms with E-state index in [2.05, 4.69) is 9.98 Å². The van der Waals surface area contributed by atoms with E-state index >= 15 is 0 Å². The van der Waals surface area contributed by atoms with E-state index in [9.17, 15) is 14.7 Å². The van der Waals surface area contributed by atoms with Gasteiger partial charge in [0.15, 0.2) is 0 Å². The van der Waals surface area contributed by atoms with Crippen LogP contribution < -0.4 is 11.2 Å². The zero-order chi connectivity index (χ0) is 17.7. The first kappa shape index (κ1) is 18.0. The summed E-state index contributed by atoms with van der Waals surface area (Å²) in [5, 5.41) is 10.8. The maximum absolute atomic E-state index is 12.0. The van der Waals surface area contributed by atoms with Crippen LogP contribution in [0.25, 0.3) is 5.69 Å². The Hall–Kier alpha value is -2.38. The number of hydrogen-bond acceptors (Lipinski definition) is 5. The van der Waals surface area contributed by atoms with Crippen molar-refractivity contribution in [3.05, 3.63) is 55.7 Å². The van der Waals surface area contributed by atoms with Gasteiger partial charge < -0.3 is 10.0 Å². The largest absolute Gasteiger partial charge is 0.493 e. The number of rotatable bonds is 6. The first-order chi connectivity index (χ1) is 11.4. The van der Waals surface area contributed by atoms with Crippen LogP contribution in [0.2, 0.25) is 5.02 Å². The van der Waals surface area contributed by atoms with Gasteiger partial charge in [0.2, 0.25) is 5.88 Å². The van der Waals surface area contributed by atoms with E-state index in [0.29, 0.717) is 17.3 Å². The van der Waals surface area contributed by atoms with Gasteiger partial charge in [0, 0.05) is 17.8 Å². The Kier molecular flexibility index (Phi) is 5.94. The van der Waals surface area contributed by atoms with Gasteiger partial charge in [-0.1, -0.05) is 11.6 Å². The Morgan fingerprint density at radius 2 is 1.96 bits per heavy atom. The van der Waals surface area contributed by atoms with E-state index in [1.54, 1.807) is 24.3 Å². The molecule has 1 aromatic carbocycles. The van der Waals surface area contributed by atoms with E-state index in [1.165, 1.54) is 6.21 Å². The highest BCUT2D eigenvalue weighted by Gasteiger charge is 2.13. The third-order valence-corrected chi connectivity index (χ3v) is 3.57. The highest BCUT2D eigenvalue weighted by molar-refractivity contribution is 6.30. The van der Waals surface area contributed by atoms with E-state index in [-0.39, 0.29) is 5.56 Å². The molecule has 24 heavy (non-hydrogen) atoms. The molecule has 2 rings (SSSR count). The number of halogens is 1. The second-order valence-corrected chi connectivity index (χ2v) is 5.94. The zero-order valence-corrected chi connectivity index (χ0v) is 14.2. The predicted octanol–water partition coefficient (Wildman–Crippen LogP) is 1.26. The Morgan fingerprint density at radius 3 is 2.58 bits per heavy atom. The smallest absolute Gasteiger partial charge is 0.335 e. The number of nitrogens with one attached hydrogen (secondary N) is 1. The summed E-state index contributed by atoms with van der Waals surface area (Å²) in [6, 6.07) is 6.31. The molecule has 0 bridgehead atoms. The van der Waals surface area contributed by atoms with Gasteiger partial charge in [0.25, 0.3) is 5.56 Å². The van der Waals surface area contributed by atoms with Crippen molar-refractivity contribution in [1.29, 1.82) is 0 Å². The van der Waals surface area contributed by atoms with Crippen molar-refractivity contribution in [1.82, 2.24) is 14.5 Å². The van der Waals surface area contributed by atoms with Crippen LogP contribution in [0.5, 0.6) is 5.88 Å². The molecule has 0 atom stereocenters. The second kappa shape index (κ2) is 7.94. The summed E-state index contributed by atoms with van der Waals surface area (Å²) >= 11 is 5.82. The number of benzene rings is 1. The zero-order valence-electron chi connectivity index (χ0n) is 13.5. The molecule has 0 radical (unpaired) electrons. The molecule has 2 N–H and O–H groups in total. The standard InChI is InChI=1S/C16H19ClN4O3/c1-20(2)9-3-8-18-10-13-14(22)19-16(24)21(15(13)23)12-6-4-11(17)5-7-12/h4-7,10,23H,3,8-9H2,1-2H3,(H,19,22,24). The maximum atomic E-state index is 12.0. The van der Waals surface area contributed by atoms with Crippen LogP contribution in [0, 0.1) is 0 Å². The first-order valence-corrected chi connectivity index (χ1v) is 7.76. The monoisotopic (exact) mass is 350 g/mol. The molecule has 0 saturated heterocycles. The molecule has 0 spiro atoms. The van der Waals surface area contributed by atoms with Crippen LogP contribution >= 0.6 is 11.6 Å². The molecular formula is C16H19ClN4O3. The number of aromatic amines is 1. The van der Waals surface area contributed by atoms with Gasteiger partial charge in [-0.3, -0.25) is 14.8 Å². The highest BCUT2D eigenvalue weighted by Crippen LogP contribution is 2.17. The molecule has 1 heterocycles. The number of H-pyrrole nitrogens is 1. The molecule has 7 nitrogen and oxygen atoms in total. The van der Waals surface area contributed by atoms with Crippen LogP contribution in [-0.4, -0.2) is 53.0 Å². The number of aliphatic imine (C=N–C) groups is 1. The Labute approximate surface area is 143 Å². The average Bonchev–Trinajstić information content (AvgIpc) is 2.51. The van der Waals surface area contributed by atoms with Crippen molar-refractivity contribution in [2.24, 2.45) is 4.99 Å². The number of aromatic nitrogens is 2. The van der Waals surface area contributed by atoms with Gasteiger partial charge in [-0.25, -0.2) is 9.36 Å². The predicted molar refractivity (Wildman–Crippen MR) is 95.0 cm³/mol. The fraction of sp³-hybridized carbons (Fsp3) is 0.312. The fourth-order valence-electron chi connectivity index (χ4n) is 2.12. The van der Waals surface area contributed by atoms with Crippen molar-refractivity contribution >= 4 is 17.8 Å². The quantitative estimate of drug-likeness (QED) is 0.606. The van der Waals surface area contributed by atoms with Gasteiger partial charge in [0.05, 0.1) is 5.69 Å². The summed E-state index contributed by atoms with van der Waals surface area (Å²) in [4.78, 5) is 32.3. The van der Waals surface area contributed by atoms with E-state index < -0.39 is 17.1 Å². The lowest BCUT2D eigenvalue weighted by atomic mass is 10.3. The van der Waals surface area contributed by atoms with Crippen LogP contribution in [0.4, 0.5) is 0 Å². The molecule has 1 aromatic heterocycles. The molecule has 8 heteroatoms. The Morgan fingerprint density at radius 1 is 1.29 bits per heavy atom. The summed E-state index contributed by atoms with van der Waals surface area (Å²) in [6.45, 7) is 1.38. The summed E-state index contributed by atoms with van der Waals surface area (Å²) in [5.41, 5.74) is -1.08. The van der Waals surface area contributed by atoms with E-state index in [4.69, 9.17) is 11.6 Å². The molecule has 0 aliphatic rings. The lowest BCUT2D eigenvalue weighted by Crippen LogP contribution is -2.31. The van der Waals surface area contributed by atoms with Gasteiger partial charge in [-0.05, 0) is 51.3 Å². The topological polar surface area (TPSA) is 90.7 Å². The summed E-state index contributed by atoms with van der Waals surface area (Å²) < 4.78 is 0.999. The van der Waals surface area contributed by atoms with Crippen molar-refractivity contribution < 1.29 is 5.11 Å². The van der Waals surface area contributed by atoms with Crippen LogP contribution in [0.15, 0.2) is 38.8 Å². The molecule has 0 amide bonds. The minimum Gasteiger partial charge on any atom is -0.493 e. The molecule has 0 saturated carbocycles. The Bertz CT molecular complexity index is 838. The van der Waals surface area contributed by atoms with Crippen molar-refractivity contribution in [3.8, 4) is 11.6 Å². The van der Waals surface area contributed by atoms with Gasteiger partial charge >= 0.3 is 5.69 Å². The molecule has 2 aromatic rings. The number of hydrogen-bond donors (Lipinski definition) is 2. The lowest BCUT2D eigenvalue weighted by Gasteiger charge is -2.09. The van der Waals surface area contributed by atoms with Crippen molar-refractivity contribution in [3.63, 3.8) is 0 Å². The number of aromatic hydroxyl groups is 1. The minimum atomic E-state index is -0.732. The average molecular weight is 351 g/mol. The van der Waals surface area contributed by atoms with Gasteiger partial charge in [0.1, 0.15) is 5.56 Å². The fourth-order valence-corrected chi connectivity index (χ4v) is 2.24. The van der Waals surface area contributed by atoms with Crippen LogP contribution in [0.3, 0.4) is 0 Å². The van der Waals surface area contributed by atoms with Crippen LogP contribution in [-0.2, 0) is 0 Å². The van der Waals surface area contributed by atoms with Gasteiger partial charge in [-0.15, -0.1) is 0 Å².